The van der Waals surface area contributed by atoms with E-state index < -0.39 is 0 Å². The number of thiocarbonyl (C=S) groups is 1. The highest BCUT2D eigenvalue weighted by atomic mass is 35.5. The highest BCUT2D eigenvalue weighted by Crippen LogP contribution is 2.12. The lowest BCUT2D eigenvalue weighted by molar-refractivity contribution is -0.132. The third kappa shape index (κ3) is 5.57. The third-order valence-electron chi connectivity index (χ3n) is 2.81. The van der Waals surface area contributed by atoms with E-state index in [9.17, 15) is 4.79 Å². The van der Waals surface area contributed by atoms with Gasteiger partial charge in [0, 0.05) is 24.0 Å². The van der Waals surface area contributed by atoms with Crippen LogP contribution in [0.1, 0.15) is 25.8 Å². The smallest absolute Gasteiger partial charge is 0.227 e. The maximum absolute atomic E-state index is 12.3. The highest BCUT2D eigenvalue weighted by Gasteiger charge is 2.17. The van der Waals surface area contributed by atoms with E-state index in [1.807, 2.05) is 26.0 Å². The highest BCUT2D eigenvalue weighted by molar-refractivity contribution is 7.80. The van der Waals surface area contributed by atoms with Crippen molar-refractivity contribution in [2.45, 2.75) is 32.7 Å². The number of halogens is 1. The van der Waals surface area contributed by atoms with Crippen molar-refractivity contribution in [1.82, 2.24) is 4.90 Å². The monoisotopic (exact) mass is 298 g/mol. The zero-order valence-corrected chi connectivity index (χ0v) is 12.8. The van der Waals surface area contributed by atoms with Crippen LogP contribution in [0.25, 0.3) is 0 Å². The number of hydrogen-bond donors (Lipinski definition) is 1. The summed E-state index contributed by atoms with van der Waals surface area (Å²) in [6, 6.07) is 7.45. The molecule has 0 saturated carbocycles. The predicted molar refractivity (Wildman–Crippen MR) is 83.4 cm³/mol. The second kappa shape index (κ2) is 7.46. The topological polar surface area (TPSA) is 46.3 Å². The Balaban J connectivity index is 2.66. The molecule has 5 heteroatoms. The molecule has 19 heavy (non-hydrogen) atoms. The van der Waals surface area contributed by atoms with Gasteiger partial charge in [-0.05, 0) is 31.5 Å². The van der Waals surface area contributed by atoms with Gasteiger partial charge >= 0.3 is 0 Å². The van der Waals surface area contributed by atoms with Crippen molar-refractivity contribution >= 4 is 34.7 Å². The average Bonchev–Trinajstić information content (AvgIpc) is 2.31. The molecule has 0 bridgehead atoms. The minimum Gasteiger partial charge on any atom is -0.393 e. The van der Waals surface area contributed by atoms with Crippen LogP contribution in [0, 0.1) is 0 Å². The first-order valence-corrected chi connectivity index (χ1v) is 7.01. The van der Waals surface area contributed by atoms with Crippen LogP contribution in [0.15, 0.2) is 24.3 Å². The first-order chi connectivity index (χ1) is 8.90. The fourth-order valence-electron chi connectivity index (χ4n) is 1.78. The molecular formula is C14H19ClN2OS. The molecule has 1 rings (SSSR count). The van der Waals surface area contributed by atoms with Crippen LogP contribution in [-0.4, -0.2) is 28.4 Å². The van der Waals surface area contributed by atoms with Gasteiger partial charge in [-0.2, -0.15) is 0 Å². The van der Waals surface area contributed by atoms with Gasteiger partial charge in [-0.25, -0.2) is 0 Å². The van der Waals surface area contributed by atoms with Crippen LogP contribution in [0.5, 0.6) is 0 Å². The van der Waals surface area contributed by atoms with Crippen molar-refractivity contribution in [2.24, 2.45) is 5.73 Å². The Bertz CT molecular complexity index is 445. The number of rotatable bonds is 6. The number of nitrogens with zero attached hydrogens (tertiary/aromatic N) is 1. The van der Waals surface area contributed by atoms with E-state index >= 15 is 0 Å². The molecule has 0 spiro atoms. The molecule has 0 heterocycles. The van der Waals surface area contributed by atoms with Gasteiger partial charge in [-0.1, -0.05) is 36.0 Å². The van der Waals surface area contributed by atoms with Crippen molar-refractivity contribution in [1.29, 1.82) is 0 Å². The normalized spacial score (nSPS) is 10.5. The molecule has 0 unspecified atom stereocenters. The summed E-state index contributed by atoms with van der Waals surface area (Å²) in [6.07, 6.45) is 0.923. The Kier molecular flexibility index (Phi) is 6.25. The van der Waals surface area contributed by atoms with E-state index in [2.05, 4.69) is 0 Å². The van der Waals surface area contributed by atoms with E-state index in [0.717, 1.165) is 5.56 Å². The molecule has 2 N–H and O–H groups in total. The molecule has 0 aliphatic heterocycles. The number of hydrogen-bond acceptors (Lipinski definition) is 2. The summed E-state index contributed by atoms with van der Waals surface area (Å²) in [7, 11) is 0. The molecular weight excluding hydrogens is 280 g/mol. The molecule has 1 aromatic carbocycles. The van der Waals surface area contributed by atoms with Crippen molar-refractivity contribution < 1.29 is 4.79 Å². The van der Waals surface area contributed by atoms with Gasteiger partial charge in [0.05, 0.1) is 11.4 Å². The fraction of sp³-hybridized carbons (Fsp3) is 0.429. The predicted octanol–water partition coefficient (Wildman–Crippen LogP) is 2.80. The largest absolute Gasteiger partial charge is 0.393 e. The number of carbonyl (C=O) groups excluding carboxylic acids is 1. The first-order valence-electron chi connectivity index (χ1n) is 6.22. The number of benzene rings is 1. The second-order valence-corrected chi connectivity index (χ2v) is 5.66. The SMILES string of the molecule is CC(C)N(CCC(N)=S)C(=O)Cc1ccc(Cl)cc1. The van der Waals surface area contributed by atoms with Gasteiger partial charge in [0.25, 0.3) is 0 Å². The fourth-order valence-corrected chi connectivity index (χ4v) is 2.00. The number of amides is 1. The second-order valence-electron chi connectivity index (χ2n) is 4.70. The number of carbonyl (C=O) groups is 1. The van der Waals surface area contributed by atoms with Crippen LogP contribution < -0.4 is 5.73 Å². The van der Waals surface area contributed by atoms with Crippen LogP contribution in [0.3, 0.4) is 0 Å². The Morgan fingerprint density at radius 1 is 1.37 bits per heavy atom. The van der Waals surface area contributed by atoms with Crippen molar-refractivity contribution in [3.8, 4) is 0 Å². The molecule has 0 aliphatic carbocycles. The maximum atomic E-state index is 12.3. The quantitative estimate of drug-likeness (QED) is 0.822. The Morgan fingerprint density at radius 2 is 1.95 bits per heavy atom. The van der Waals surface area contributed by atoms with Gasteiger partial charge in [0.15, 0.2) is 0 Å². The minimum atomic E-state index is 0.0774. The van der Waals surface area contributed by atoms with Gasteiger partial charge in [-0.3, -0.25) is 4.79 Å². The zero-order chi connectivity index (χ0) is 14.4. The summed E-state index contributed by atoms with van der Waals surface area (Å²) in [5, 5.41) is 0.672. The lowest BCUT2D eigenvalue weighted by atomic mass is 10.1. The van der Waals surface area contributed by atoms with Crippen LogP contribution >= 0.6 is 23.8 Å². The molecule has 0 aromatic heterocycles. The Morgan fingerprint density at radius 3 is 2.42 bits per heavy atom. The summed E-state index contributed by atoms with van der Waals surface area (Å²) < 4.78 is 0. The molecule has 0 aliphatic rings. The van der Waals surface area contributed by atoms with Crippen molar-refractivity contribution in [3.05, 3.63) is 34.9 Å². The summed E-state index contributed by atoms with van der Waals surface area (Å²) >= 11 is 10.7. The number of nitrogens with two attached hydrogens (primary N) is 1. The average molecular weight is 299 g/mol. The maximum Gasteiger partial charge on any atom is 0.227 e. The standard InChI is InChI=1S/C14H19ClN2OS/c1-10(2)17(8-7-13(16)19)14(18)9-11-3-5-12(15)6-4-11/h3-6,10H,7-9H2,1-2H3,(H2,16,19). The minimum absolute atomic E-state index is 0.0774. The van der Waals surface area contributed by atoms with Gasteiger partial charge in [-0.15, -0.1) is 0 Å². The first kappa shape index (κ1) is 15.9. The van der Waals surface area contributed by atoms with E-state index in [1.54, 1.807) is 17.0 Å². The molecule has 1 amide bonds. The van der Waals surface area contributed by atoms with Gasteiger partial charge in [0.1, 0.15) is 0 Å². The Labute approximate surface area is 124 Å². The van der Waals surface area contributed by atoms with Crippen molar-refractivity contribution in [3.63, 3.8) is 0 Å². The van der Waals surface area contributed by atoms with Gasteiger partial charge in [0.2, 0.25) is 5.91 Å². The summed E-state index contributed by atoms with van der Waals surface area (Å²) in [5.41, 5.74) is 6.44. The molecule has 0 saturated heterocycles. The molecule has 104 valence electrons. The zero-order valence-electron chi connectivity index (χ0n) is 11.2. The van der Waals surface area contributed by atoms with Crippen LogP contribution in [-0.2, 0) is 11.2 Å². The van der Waals surface area contributed by atoms with Crippen LogP contribution in [0.2, 0.25) is 5.02 Å². The molecule has 0 fully saturated rings. The molecule has 0 atom stereocenters. The van der Waals surface area contributed by atoms with E-state index in [-0.39, 0.29) is 11.9 Å². The molecule has 3 nitrogen and oxygen atoms in total. The van der Waals surface area contributed by atoms with E-state index in [4.69, 9.17) is 29.6 Å². The summed E-state index contributed by atoms with van der Waals surface area (Å²) in [6.45, 7) is 4.54. The summed E-state index contributed by atoms with van der Waals surface area (Å²) in [5.74, 6) is 0.0774. The Hall–Kier alpha value is -1.13. The van der Waals surface area contributed by atoms with Crippen molar-refractivity contribution in [2.75, 3.05) is 6.54 Å². The van der Waals surface area contributed by atoms with Gasteiger partial charge < -0.3 is 10.6 Å². The van der Waals surface area contributed by atoms with E-state index in [1.165, 1.54) is 0 Å². The molecule has 1 aromatic rings. The lowest BCUT2D eigenvalue weighted by Crippen LogP contribution is -2.39. The summed E-state index contributed by atoms with van der Waals surface area (Å²) in [4.78, 5) is 14.5. The van der Waals surface area contributed by atoms with E-state index in [0.29, 0.717) is 29.4 Å². The van der Waals surface area contributed by atoms with Crippen LogP contribution in [0.4, 0.5) is 0 Å². The lowest BCUT2D eigenvalue weighted by Gasteiger charge is -2.26. The third-order valence-corrected chi connectivity index (χ3v) is 3.27. The molecule has 0 radical (unpaired) electrons.